The Morgan fingerprint density at radius 2 is 1.71 bits per heavy atom. The van der Waals surface area contributed by atoms with Gasteiger partial charge in [0.05, 0.1) is 16.5 Å². The van der Waals surface area contributed by atoms with Crippen molar-refractivity contribution < 1.29 is 9.21 Å². The maximum atomic E-state index is 12.5. The van der Waals surface area contributed by atoms with Crippen molar-refractivity contribution in [1.82, 2.24) is 9.97 Å². The SMILES string of the molecule is CC(=O)c1ccc(-c2ccc3c(=O)c4cccnc4oc3n2)cc1. The molecule has 0 radical (unpaired) electrons. The van der Waals surface area contributed by atoms with Gasteiger partial charge >= 0.3 is 0 Å². The highest BCUT2D eigenvalue weighted by Gasteiger charge is 2.11. The zero-order valence-electron chi connectivity index (χ0n) is 12.8. The number of carbonyl (C=O) groups excluding carboxylic acids is 1. The number of hydrogen-bond donors (Lipinski definition) is 0. The van der Waals surface area contributed by atoms with Crippen molar-refractivity contribution in [3.63, 3.8) is 0 Å². The average molecular weight is 316 g/mol. The summed E-state index contributed by atoms with van der Waals surface area (Å²) in [7, 11) is 0. The van der Waals surface area contributed by atoms with Gasteiger partial charge in [-0.15, -0.1) is 0 Å². The highest BCUT2D eigenvalue weighted by molar-refractivity contribution is 5.94. The predicted octanol–water partition coefficient (Wildman–Crippen LogP) is 3.61. The van der Waals surface area contributed by atoms with Crippen LogP contribution in [-0.4, -0.2) is 15.8 Å². The Balaban J connectivity index is 1.90. The van der Waals surface area contributed by atoms with Crippen molar-refractivity contribution >= 4 is 28.0 Å². The van der Waals surface area contributed by atoms with Gasteiger partial charge < -0.3 is 4.42 Å². The molecule has 0 aliphatic heterocycles. The highest BCUT2D eigenvalue weighted by Crippen LogP contribution is 2.22. The Labute approximate surface area is 136 Å². The normalized spacial score (nSPS) is 11.0. The molecule has 24 heavy (non-hydrogen) atoms. The fourth-order valence-corrected chi connectivity index (χ4v) is 2.61. The van der Waals surface area contributed by atoms with Crippen LogP contribution in [0.3, 0.4) is 0 Å². The van der Waals surface area contributed by atoms with Crippen molar-refractivity contribution in [2.45, 2.75) is 6.92 Å². The molecule has 5 heteroatoms. The first-order valence-electron chi connectivity index (χ1n) is 7.43. The second kappa shape index (κ2) is 5.38. The number of pyridine rings is 2. The number of nitrogens with zero attached hydrogens (tertiary/aromatic N) is 2. The van der Waals surface area contributed by atoms with Crippen LogP contribution in [0.5, 0.6) is 0 Å². The van der Waals surface area contributed by atoms with Crippen molar-refractivity contribution in [3.05, 3.63) is 70.5 Å². The first-order chi connectivity index (χ1) is 11.6. The maximum Gasteiger partial charge on any atom is 0.233 e. The first kappa shape index (κ1) is 14.3. The average Bonchev–Trinajstić information content (AvgIpc) is 2.61. The standard InChI is InChI=1S/C19H12N2O3/c1-11(22)12-4-6-13(7-5-12)16-9-8-15-17(23)14-3-2-10-20-18(14)24-19(15)21-16/h2-10H,1H3. The van der Waals surface area contributed by atoms with Crippen molar-refractivity contribution in [2.24, 2.45) is 0 Å². The van der Waals surface area contributed by atoms with Crippen LogP contribution in [0.4, 0.5) is 0 Å². The van der Waals surface area contributed by atoms with E-state index in [0.717, 1.165) is 5.56 Å². The first-order valence-corrected chi connectivity index (χ1v) is 7.43. The monoisotopic (exact) mass is 316 g/mol. The Hall–Kier alpha value is -3.34. The van der Waals surface area contributed by atoms with E-state index in [1.54, 1.807) is 42.6 Å². The predicted molar refractivity (Wildman–Crippen MR) is 91.0 cm³/mol. The summed E-state index contributed by atoms with van der Waals surface area (Å²) in [5.74, 6) is 0.0107. The van der Waals surface area contributed by atoms with Crippen LogP contribution < -0.4 is 5.43 Å². The van der Waals surface area contributed by atoms with E-state index in [4.69, 9.17) is 4.42 Å². The van der Waals surface area contributed by atoms with Gasteiger partial charge in [0.15, 0.2) is 5.78 Å². The summed E-state index contributed by atoms with van der Waals surface area (Å²) in [5.41, 5.74) is 2.51. The van der Waals surface area contributed by atoms with Gasteiger partial charge in [-0.05, 0) is 31.2 Å². The van der Waals surface area contributed by atoms with Crippen LogP contribution in [0.15, 0.2) is 63.9 Å². The second-order valence-corrected chi connectivity index (χ2v) is 5.47. The minimum Gasteiger partial charge on any atom is -0.419 e. The van der Waals surface area contributed by atoms with Crippen molar-refractivity contribution in [3.8, 4) is 11.3 Å². The van der Waals surface area contributed by atoms with E-state index in [-0.39, 0.29) is 22.6 Å². The third kappa shape index (κ3) is 2.27. The molecule has 4 aromatic rings. The summed E-state index contributed by atoms with van der Waals surface area (Å²) in [5, 5.41) is 0.852. The Kier molecular flexibility index (Phi) is 3.20. The zero-order valence-corrected chi connectivity index (χ0v) is 12.8. The van der Waals surface area contributed by atoms with Crippen LogP contribution >= 0.6 is 0 Å². The molecule has 0 fully saturated rings. The van der Waals surface area contributed by atoms with Crippen molar-refractivity contribution in [1.29, 1.82) is 0 Å². The summed E-state index contributed by atoms with van der Waals surface area (Å²) in [6.45, 7) is 1.52. The van der Waals surface area contributed by atoms with Crippen LogP contribution in [-0.2, 0) is 0 Å². The molecule has 0 N–H and O–H groups in total. The third-order valence-corrected chi connectivity index (χ3v) is 3.90. The molecule has 4 rings (SSSR count). The maximum absolute atomic E-state index is 12.5. The van der Waals surface area contributed by atoms with Gasteiger partial charge in [0, 0.05) is 17.3 Å². The molecule has 116 valence electrons. The number of fused-ring (bicyclic) bond motifs is 2. The van der Waals surface area contributed by atoms with Gasteiger partial charge in [-0.25, -0.2) is 9.97 Å². The van der Waals surface area contributed by atoms with Crippen LogP contribution in [0.1, 0.15) is 17.3 Å². The molecule has 0 aliphatic carbocycles. The Bertz CT molecular complexity index is 1140. The summed E-state index contributed by atoms with van der Waals surface area (Å²) in [6.07, 6.45) is 1.57. The van der Waals surface area contributed by atoms with E-state index in [0.29, 0.717) is 22.0 Å². The van der Waals surface area contributed by atoms with E-state index >= 15 is 0 Å². The molecule has 0 saturated carbocycles. The fourth-order valence-electron chi connectivity index (χ4n) is 2.61. The number of Topliss-reactive ketones (excluding diaryl/α,β-unsaturated/α-hetero) is 1. The van der Waals surface area contributed by atoms with E-state index in [9.17, 15) is 9.59 Å². The molecule has 0 spiro atoms. The number of carbonyl (C=O) groups is 1. The molecule has 0 aliphatic rings. The third-order valence-electron chi connectivity index (χ3n) is 3.90. The Morgan fingerprint density at radius 3 is 2.46 bits per heavy atom. The Morgan fingerprint density at radius 1 is 0.958 bits per heavy atom. The van der Waals surface area contributed by atoms with Crippen LogP contribution in [0, 0.1) is 0 Å². The van der Waals surface area contributed by atoms with Crippen LogP contribution in [0.25, 0.3) is 33.5 Å². The minimum atomic E-state index is -0.148. The molecule has 0 amide bonds. The molecule has 1 aromatic carbocycles. The molecular formula is C19H12N2O3. The molecule has 0 atom stereocenters. The lowest BCUT2D eigenvalue weighted by Gasteiger charge is -2.04. The van der Waals surface area contributed by atoms with E-state index in [1.165, 1.54) is 6.92 Å². The smallest absolute Gasteiger partial charge is 0.233 e. The lowest BCUT2D eigenvalue weighted by atomic mass is 10.1. The minimum absolute atomic E-state index is 0.0107. The number of rotatable bonds is 2. The topological polar surface area (TPSA) is 73.1 Å². The summed E-state index contributed by atoms with van der Waals surface area (Å²) in [4.78, 5) is 32.4. The van der Waals surface area contributed by atoms with Gasteiger partial charge in [-0.2, -0.15) is 0 Å². The van der Waals surface area contributed by atoms with Gasteiger partial charge in [0.25, 0.3) is 0 Å². The highest BCUT2D eigenvalue weighted by atomic mass is 16.3. The second-order valence-electron chi connectivity index (χ2n) is 5.47. The largest absolute Gasteiger partial charge is 0.419 e. The molecule has 3 heterocycles. The van der Waals surface area contributed by atoms with Gasteiger partial charge in [-0.3, -0.25) is 9.59 Å². The fraction of sp³-hybridized carbons (Fsp3) is 0.0526. The number of benzene rings is 1. The number of aromatic nitrogens is 2. The molecule has 3 aromatic heterocycles. The lowest BCUT2D eigenvalue weighted by molar-refractivity contribution is 0.101. The number of hydrogen-bond acceptors (Lipinski definition) is 5. The summed E-state index contributed by atoms with van der Waals surface area (Å²) >= 11 is 0. The van der Waals surface area contributed by atoms with Gasteiger partial charge in [0.2, 0.25) is 16.9 Å². The van der Waals surface area contributed by atoms with Crippen molar-refractivity contribution in [2.75, 3.05) is 0 Å². The molecule has 0 unspecified atom stereocenters. The summed E-state index contributed by atoms with van der Waals surface area (Å²) in [6, 6.07) is 14.0. The zero-order chi connectivity index (χ0) is 16.7. The van der Waals surface area contributed by atoms with Gasteiger partial charge in [-0.1, -0.05) is 24.3 Å². The molecular weight excluding hydrogens is 304 g/mol. The molecule has 5 nitrogen and oxygen atoms in total. The van der Waals surface area contributed by atoms with E-state index in [1.807, 2.05) is 12.1 Å². The van der Waals surface area contributed by atoms with Gasteiger partial charge in [0.1, 0.15) is 0 Å². The van der Waals surface area contributed by atoms with E-state index < -0.39 is 0 Å². The molecule has 0 bridgehead atoms. The quantitative estimate of drug-likeness (QED) is 0.417. The lowest BCUT2D eigenvalue weighted by Crippen LogP contribution is -2.04. The molecule has 0 saturated heterocycles. The van der Waals surface area contributed by atoms with E-state index in [2.05, 4.69) is 9.97 Å². The summed E-state index contributed by atoms with van der Waals surface area (Å²) < 4.78 is 5.67. The van der Waals surface area contributed by atoms with Crippen LogP contribution in [0.2, 0.25) is 0 Å². The number of ketones is 1.